The normalized spacial score (nSPS) is 11.2. The molecular formula is C13H11F3N2O2S. The van der Waals surface area contributed by atoms with E-state index in [-0.39, 0.29) is 11.7 Å². The molecular weight excluding hydrogens is 305 g/mol. The van der Waals surface area contributed by atoms with Gasteiger partial charge in [-0.05, 0) is 41.7 Å². The van der Waals surface area contributed by atoms with E-state index in [1.54, 1.807) is 12.1 Å². The summed E-state index contributed by atoms with van der Waals surface area (Å²) in [5.41, 5.74) is 0.640. The summed E-state index contributed by atoms with van der Waals surface area (Å²) in [6, 6.07) is 7.26. The first kappa shape index (κ1) is 15.3. The van der Waals surface area contributed by atoms with E-state index in [1.807, 2.05) is 0 Å². The molecule has 0 bridgehead atoms. The molecule has 8 heteroatoms. The Bertz CT molecular complexity index is 600. The molecule has 0 aliphatic carbocycles. The molecule has 4 nitrogen and oxygen atoms in total. The molecule has 0 aliphatic heterocycles. The van der Waals surface area contributed by atoms with Crippen molar-refractivity contribution >= 4 is 17.4 Å². The van der Waals surface area contributed by atoms with E-state index in [2.05, 4.69) is 14.4 Å². The van der Waals surface area contributed by atoms with Gasteiger partial charge in [-0.15, -0.1) is 13.2 Å². The van der Waals surface area contributed by atoms with E-state index >= 15 is 0 Å². The predicted octanol–water partition coefficient (Wildman–Crippen LogP) is 3.01. The van der Waals surface area contributed by atoms with E-state index in [0.717, 1.165) is 11.5 Å². The Kier molecular flexibility index (Phi) is 4.79. The van der Waals surface area contributed by atoms with Crippen LogP contribution in [0.25, 0.3) is 0 Å². The molecule has 0 atom stereocenters. The van der Waals surface area contributed by atoms with Crippen LogP contribution in [0.1, 0.15) is 15.2 Å². The second-order valence-electron chi connectivity index (χ2n) is 4.08. The van der Waals surface area contributed by atoms with Gasteiger partial charge < -0.3 is 10.1 Å². The van der Waals surface area contributed by atoms with Gasteiger partial charge in [-0.2, -0.15) is 0 Å². The number of alkyl halides is 3. The van der Waals surface area contributed by atoms with Gasteiger partial charge in [0, 0.05) is 12.7 Å². The Morgan fingerprint density at radius 2 is 2.14 bits per heavy atom. The fraction of sp³-hybridized carbons (Fsp3) is 0.231. The molecule has 2 rings (SSSR count). The van der Waals surface area contributed by atoms with Gasteiger partial charge in [-0.3, -0.25) is 4.79 Å². The Balaban J connectivity index is 1.86. The summed E-state index contributed by atoms with van der Waals surface area (Å²) in [7, 11) is 0. The van der Waals surface area contributed by atoms with Crippen LogP contribution in [0.15, 0.2) is 36.5 Å². The third kappa shape index (κ3) is 5.07. The minimum Gasteiger partial charge on any atom is -0.406 e. The van der Waals surface area contributed by atoms with Crippen LogP contribution in [-0.2, 0) is 6.42 Å². The largest absolute Gasteiger partial charge is 0.573 e. The van der Waals surface area contributed by atoms with Crippen molar-refractivity contribution in [1.29, 1.82) is 0 Å². The van der Waals surface area contributed by atoms with E-state index in [9.17, 15) is 18.0 Å². The zero-order valence-corrected chi connectivity index (χ0v) is 11.5. The molecule has 0 radical (unpaired) electrons. The number of nitrogens with one attached hydrogen (secondary N) is 1. The zero-order chi connectivity index (χ0) is 15.3. The van der Waals surface area contributed by atoms with E-state index in [4.69, 9.17) is 0 Å². The maximum Gasteiger partial charge on any atom is 0.573 e. The highest BCUT2D eigenvalue weighted by Crippen LogP contribution is 2.23. The van der Waals surface area contributed by atoms with Crippen molar-refractivity contribution in [3.8, 4) is 5.75 Å². The number of halogens is 3. The number of ether oxygens (including phenoxy) is 1. The van der Waals surface area contributed by atoms with Crippen molar-refractivity contribution in [3.05, 3.63) is 47.0 Å². The highest BCUT2D eigenvalue weighted by atomic mass is 32.1. The third-order valence-electron chi connectivity index (χ3n) is 2.49. The average molecular weight is 316 g/mol. The summed E-state index contributed by atoms with van der Waals surface area (Å²) in [6.45, 7) is 0.312. The van der Waals surface area contributed by atoms with Crippen molar-refractivity contribution < 1.29 is 22.7 Å². The monoisotopic (exact) mass is 316 g/mol. The number of nitrogens with zero attached hydrogens (tertiary/aromatic N) is 1. The first-order valence-corrected chi connectivity index (χ1v) is 6.75. The molecule has 21 heavy (non-hydrogen) atoms. The van der Waals surface area contributed by atoms with Gasteiger partial charge in [0.1, 0.15) is 10.6 Å². The topological polar surface area (TPSA) is 51.2 Å². The number of hydrogen-bond donors (Lipinski definition) is 1. The molecule has 1 N–H and O–H groups in total. The van der Waals surface area contributed by atoms with Crippen LogP contribution >= 0.6 is 11.5 Å². The number of rotatable bonds is 5. The Labute approximate surface area is 122 Å². The van der Waals surface area contributed by atoms with E-state index in [0.29, 0.717) is 23.4 Å². The standard InChI is InChI=1S/C13H11F3N2O2S/c14-13(15,16)20-10-3-1-2-9(8-10)4-6-17-12(19)11-5-7-18-21-11/h1-3,5,7-8H,4,6H2,(H,17,19). The molecule has 1 aromatic heterocycles. The molecule has 0 saturated carbocycles. The molecule has 1 aromatic carbocycles. The first-order valence-electron chi connectivity index (χ1n) is 5.97. The lowest BCUT2D eigenvalue weighted by molar-refractivity contribution is -0.274. The molecule has 1 amide bonds. The Morgan fingerprint density at radius 3 is 2.81 bits per heavy atom. The molecule has 0 unspecified atom stereocenters. The van der Waals surface area contributed by atoms with Crippen LogP contribution in [0.2, 0.25) is 0 Å². The lowest BCUT2D eigenvalue weighted by Crippen LogP contribution is -2.24. The molecule has 0 fully saturated rings. The molecule has 2 aromatic rings. The van der Waals surface area contributed by atoms with Gasteiger partial charge in [-0.1, -0.05) is 12.1 Å². The van der Waals surface area contributed by atoms with Crippen LogP contribution < -0.4 is 10.1 Å². The van der Waals surface area contributed by atoms with E-state index < -0.39 is 6.36 Å². The second-order valence-corrected chi connectivity index (χ2v) is 4.91. The van der Waals surface area contributed by atoms with Gasteiger partial charge >= 0.3 is 6.36 Å². The van der Waals surface area contributed by atoms with Crippen LogP contribution in [0.3, 0.4) is 0 Å². The quantitative estimate of drug-likeness (QED) is 0.922. The molecule has 0 saturated heterocycles. The zero-order valence-electron chi connectivity index (χ0n) is 10.7. The van der Waals surface area contributed by atoms with Crippen molar-refractivity contribution in [3.63, 3.8) is 0 Å². The smallest absolute Gasteiger partial charge is 0.406 e. The van der Waals surface area contributed by atoms with Crippen LogP contribution in [0.4, 0.5) is 13.2 Å². The molecule has 1 heterocycles. The number of carbonyl (C=O) groups excluding carboxylic acids is 1. The summed E-state index contributed by atoms with van der Waals surface area (Å²) in [5, 5.41) is 2.67. The lowest BCUT2D eigenvalue weighted by Gasteiger charge is -2.10. The Morgan fingerprint density at radius 1 is 1.33 bits per heavy atom. The molecule has 112 valence electrons. The van der Waals surface area contributed by atoms with Crippen LogP contribution in [0, 0.1) is 0 Å². The summed E-state index contributed by atoms with van der Waals surface area (Å²) >= 11 is 1.08. The van der Waals surface area contributed by atoms with Gasteiger partial charge in [0.2, 0.25) is 0 Å². The summed E-state index contributed by atoms with van der Waals surface area (Å²) in [6.07, 6.45) is -2.78. The Hall–Kier alpha value is -2.09. The van der Waals surface area contributed by atoms with Gasteiger partial charge in [0.25, 0.3) is 5.91 Å². The van der Waals surface area contributed by atoms with Crippen molar-refractivity contribution in [2.24, 2.45) is 0 Å². The minimum atomic E-state index is -4.71. The van der Waals surface area contributed by atoms with Gasteiger partial charge in [0.05, 0.1) is 0 Å². The number of amides is 1. The van der Waals surface area contributed by atoms with Crippen molar-refractivity contribution in [2.75, 3.05) is 6.54 Å². The second kappa shape index (κ2) is 6.57. The maximum atomic E-state index is 12.1. The SMILES string of the molecule is O=C(NCCc1cccc(OC(F)(F)F)c1)c1ccns1. The predicted molar refractivity (Wildman–Crippen MR) is 71.3 cm³/mol. The fourth-order valence-electron chi connectivity index (χ4n) is 1.64. The van der Waals surface area contributed by atoms with Crippen molar-refractivity contribution in [2.45, 2.75) is 12.8 Å². The summed E-state index contributed by atoms with van der Waals surface area (Å²) in [5.74, 6) is -0.519. The highest BCUT2D eigenvalue weighted by molar-refractivity contribution is 7.08. The number of carbonyl (C=O) groups is 1. The third-order valence-corrected chi connectivity index (χ3v) is 3.24. The molecule has 0 aliphatic rings. The average Bonchev–Trinajstić information content (AvgIpc) is 2.91. The van der Waals surface area contributed by atoms with Gasteiger partial charge in [0.15, 0.2) is 0 Å². The first-order chi connectivity index (χ1) is 9.94. The minimum absolute atomic E-state index is 0.250. The number of hydrogen-bond acceptors (Lipinski definition) is 4. The summed E-state index contributed by atoms with van der Waals surface area (Å²) < 4.78 is 44.0. The van der Waals surface area contributed by atoms with Crippen molar-refractivity contribution in [1.82, 2.24) is 9.69 Å². The van der Waals surface area contributed by atoms with E-state index in [1.165, 1.54) is 24.4 Å². The van der Waals surface area contributed by atoms with Crippen LogP contribution in [0.5, 0.6) is 5.75 Å². The maximum absolute atomic E-state index is 12.1. The highest BCUT2D eigenvalue weighted by Gasteiger charge is 2.31. The van der Waals surface area contributed by atoms with Crippen LogP contribution in [-0.4, -0.2) is 23.2 Å². The van der Waals surface area contributed by atoms with Gasteiger partial charge in [-0.25, -0.2) is 4.37 Å². The molecule has 0 spiro atoms. The fourth-order valence-corrected chi connectivity index (χ4v) is 2.15. The lowest BCUT2D eigenvalue weighted by atomic mass is 10.1. The summed E-state index contributed by atoms with van der Waals surface area (Å²) in [4.78, 5) is 12.1. The number of aromatic nitrogens is 1. The number of benzene rings is 1.